The predicted octanol–water partition coefficient (Wildman–Crippen LogP) is 4.55. The van der Waals surface area contributed by atoms with Crippen LogP contribution in [0.25, 0.3) is 0 Å². The van der Waals surface area contributed by atoms with Crippen molar-refractivity contribution in [3.05, 3.63) is 66.2 Å². The van der Waals surface area contributed by atoms with E-state index in [1.165, 1.54) is 5.56 Å². The van der Waals surface area contributed by atoms with E-state index >= 15 is 0 Å². The predicted molar refractivity (Wildman–Crippen MR) is 114 cm³/mol. The first kappa shape index (κ1) is 22.3. The molecule has 2 N–H and O–H groups in total. The number of hydrogen-bond acceptors (Lipinski definition) is 4. The lowest BCUT2D eigenvalue weighted by Gasteiger charge is -2.33. The molecule has 5 heteroatoms. The van der Waals surface area contributed by atoms with E-state index in [4.69, 9.17) is 15.2 Å². The number of halogens is 1. The zero-order valence-electron chi connectivity index (χ0n) is 16.3. The van der Waals surface area contributed by atoms with Crippen molar-refractivity contribution in [2.45, 2.75) is 57.3 Å². The van der Waals surface area contributed by atoms with Crippen LogP contribution in [0, 0.1) is 5.92 Å². The molecular formula is C23H30ClNO3. The van der Waals surface area contributed by atoms with Gasteiger partial charge in [0.05, 0.1) is 0 Å². The van der Waals surface area contributed by atoms with Crippen LogP contribution in [0.15, 0.2) is 60.7 Å². The minimum Gasteiger partial charge on any atom is -0.486 e. The number of rotatable bonds is 4. The molecule has 4 atom stereocenters. The van der Waals surface area contributed by atoms with Gasteiger partial charge in [0, 0.05) is 5.92 Å². The third kappa shape index (κ3) is 6.25. The van der Waals surface area contributed by atoms with Gasteiger partial charge in [0.15, 0.2) is 0 Å². The van der Waals surface area contributed by atoms with Crippen molar-refractivity contribution in [2.24, 2.45) is 11.7 Å². The molecule has 1 aliphatic rings. The summed E-state index contributed by atoms with van der Waals surface area (Å²) in [6.45, 7) is 1.91. The van der Waals surface area contributed by atoms with Gasteiger partial charge in [-0.3, -0.25) is 4.79 Å². The first-order chi connectivity index (χ1) is 13.1. The van der Waals surface area contributed by atoms with E-state index in [9.17, 15) is 4.79 Å². The molecule has 0 bridgehead atoms. The SMILES string of the molecule is C[C@@H]1OC(=O)[C@@H](N)CCCC[C@H](Cc2ccccc2)[C@H]1Oc1ccccc1.Cl. The van der Waals surface area contributed by atoms with Crippen LogP contribution >= 0.6 is 12.4 Å². The topological polar surface area (TPSA) is 61.5 Å². The Hall–Kier alpha value is -2.04. The number of hydrogen-bond donors (Lipinski definition) is 1. The summed E-state index contributed by atoms with van der Waals surface area (Å²) in [5, 5.41) is 0. The maximum atomic E-state index is 12.3. The first-order valence-electron chi connectivity index (χ1n) is 9.85. The molecule has 1 aliphatic heterocycles. The first-order valence-corrected chi connectivity index (χ1v) is 9.85. The van der Waals surface area contributed by atoms with E-state index in [0.717, 1.165) is 31.4 Å². The molecular weight excluding hydrogens is 374 g/mol. The summed E-state index contributed by atoms with van der Waals surface area (Å²) in [6.07, 6.45) is 3.95. The van der Waals surface area contributed by atoms with Gasteiger partial charge in [-0.2, -0.15) is 0 Å². The molecule has 0 radical (unpaired) electrons. The molecule has 28 heavy (non-hydrogen) atoms. The molecule has 1 fully saturated rings. The van der Waals surface area contributed by atoms with E-state index in [1.54, 1.807) is 0 Å². The monoisotopic (exact) mass is 403 g/mol. The second-order valence-electron chi connectivity index (χ2n) is 7.38. The zero-order valence-corrected chi connectivity index (χ0v) is 17.1. The Balaban J connectivity index is 0.00000280. The Morgan fingerprint density at radius 1 is 1.00 bits per heavy atom. The Bertz CT molecular complexity index is 710. The highest BCUT2D eigenvalue weighted by molar-refractivity contribution is 5.85. The number of nitrogens with two attached hydrogens (primary N) is 1. The highest BCUT2D eigenvalue weighted by Gasteiger charge is 2.33. The number of cyclic esters (lactones) is 1. The van der Waals surface area contributed by atoms with E-state index in [2.05, 4.69) is 24.3 Å². The van der Waals surface area contributed by atoms with Gasteiger partial charge >= 0.3 is 5.97 Å². The van der Waals surface area contributed by atoms with Crippen molar-refractivity contribution in [3.63, 3.8) is 0 Å². The second-order valence-corrected chi connectivity index (χ2v) is 7.38. The van der Waals surface area contributed by atoms with Crippen LogP contribution in [0.3, 0.4) is 0 Å². The van der Waals surface area contributed by atoms with Gasteiger partial charge in [0.1, 0.15) is 24.0 Å². The highest BCUT2D eigenvalue weighted by Crippen LogP contribution is 2.28. The van der Waals surface area contributed by atoms with E-state index in [0.29, 0.717) is 6.42 Å². The van der Waals surface area contributed by atoms with Crippen LogP contribution in [-0.2, 0) is 16.0 Å². The van der Waals surface area contributed by atoms with Crippen LogP contribution in [0.5, 0.6) is 5.75 Å². The molecule has 2 aromatic carbocycles. The molecule has 0 aliphatic carbocycles. The average Bonchev–Trinajstić information content (AvgIpc) is 2.69. The fourth-order valence-electron chi connectivity index (χ4n) is 3.76. The van der Waals surface area contributed by atoms with Crippen molar-refractivity contribution in [1.82, 2.24) is 0 Å². The van der Waals surface area contributed by atoms with Crippen LogP contribution in [0.2, 0.25) is 0 Å². The highest BCUT2D eigenvalue weighted by atomic mass is 35.5. The van der Waals surface area contributed by atoms with E-state index in [1.807, 2.05) is 43.3 Å². The second kappa shape index (κ2) is 11.1. The van der Waals surface area contributed by atoms with Crippen molar-refractivity contribution < 1.29 is 14.3 Å². The smallest absolute Gasteiger partial charge is 0.323 e. The lowest BCUT2D eigenvalue weighted by Crippen LogP contribution is -2.44. The van der Waals surface area contributed by atoms with Gasteiger partial charge in [-0.1, -0.05) is 61.4 Å². The summed E-state index contributed by atoms with van der Waals surface area (Å²) >= 11 is 0. The molecule has 0 amide bonds. The normalized spacial score (nSPS) is 25.9. The molecule has 1 heterocycles. The molecule has 0 unspecified atom stereocenters. The number of benzene rings is 2. The molecule has 2 aromatic rings. The molecule has 152 valence electrons. The van der Waals surface area contributed by atoms with Crippen molar-refractivity contribution >= 4 is 18.4 Å². The summed E-state index contributed by atoms with van der Waals surface area (Å²) in [5.74, 6) is 0.721. The fraction of sp³-hybridized carbons (Fsp3) is 0.435. The van der Waals surface area contributed by atoms with Crippen LogP contribution in [-0.4, -0.2) is 24.2 Å². The maximum absolute atomic E-state index is 12.3. The Kier molecular flexibility index (Phi) is 8.81. The van der Waals surface area contributed by atoms with Gasteiger partial charge < -0.3 is 15.2 Å². The average molecular weight is 404 g/mol. The van der Waals surface area contributed by atoms with E-state index < -0.39 is 6.04 Å². The largest absolute Gasteiger partial charge is 0.486 e. The minimum absolute atomic E-state index is 0. The van der Waals surface area contributed by atoms with Gasteiger partial charge in [-0.25, -0.2) is 0 Å². The molecule has 0 aromatic heterocycles. The minimum atomic E-state index is -0.546. The summed E-state index contributed by atoms with van der Waals surface area (Å²) in [4.78, 5) is 12.3. The fourth-order valence-corrected chi connectivity index (χ4v) is 3.76. The van der Waals surface area contributed by atoms with Gasteiger partial charge in [0.2, 0.25) is 0 Å². The quantitative estimate of drug-likeness (QED) is 0.761. The summed E-state index contributed by atoms with van der Waals surface area (Å²) in [6, 6.07) is 19.6. The van der Waals surface area contributed by atoms with Crippen molar-refractivity contribution in [2.75, 3.05) is 0 Å². The number of carbonyl (C=O) groups excluding carboxylic acids is 1. The summed E-state index contributed by atoms with van der Waals surface area (Å²) in [7, 11) is 0. The Morgan fingerprint density at radius 2 is 1.61 bits per heavy atom. The molecule has 1 saturated heterocycles. The number of para-hydroxylation sites is 1. The lowest BCUT2D eigenvalue weighted by atomic mass is 9.86. The maximum Gasteiger partial charge on any atom is 0.323 e. The van der Waals surface area contributed by atoms with Gasteiger partial charge in [-0.15, -0.1) is 12.4 Å². The van der Waals surface area contributed by atoms with Gasteiger partial charge in [-0.05, 0) is 43.9 Å². The summed E-state index contributed by atoms with van der Waals surface area (Å²) < 4.78 is 12.1. The molecule has 3 rings (SSSR count). The Morgan fingerprint density at radius 3 is 2.29 bits per heavy atom. The summed E-state index contributed by atoms with van der Waals surface area (Å²) in [5.41, 5.74) is 7.25. The number of ether oxygens (including phenoxy) is 2. The van der Waals surface area contributed by atoms with Crippen LogP contribution < -0.4 is 10.5 Å². The third-order valence-corrected chi connectivity index (χ3v) is 5.23. The van der Waals surface area contributed by atoms with E-state index in [-0.39, 0.29) is 36.5 Å². The standard InChI is InChI=1S/C23H29NO3.ClH/c1-17-22(27-20-13-6-3-7-14-20)19(16-18-10-4-2-5-11-18)12-8-9-15-21(24)23(25)26-17;/h2-7,10-11,13-14,17,19,21-22H,8-9,12,15-16,24H2,1H3;1H/t17-,19+,21-,22-;/m0./s1. The van der Waals surface area contributed by atoms with Crippen molar-refractivity contribution in [3.8, 4) is 5.75 Å². The third-order valence-electron chi connectivity index (χ3n) is 5.23. The van der Waals surface area contributed by atoms with Crippen LogP contribution in [0.4, 0.5) is 0 Å². The molecule has 4 nitrogen and oxygen atoms in total. The Labute approximate surface area is 173 Å². The molecule has 0 spiro atoms. The molecule has 0 saturated carbocycles. The number of esters is 1. The number of carbonyl (C=O) groups is 1. The zero-order chi connectivity index (χ0) is 19.1. The van der Waals surface area contributed by atoms with Crippen molar-refractivity contribution in [1.29, 1.82) is 0 Å². The van der Waals surface area contributed by atoms with Gasteiger partial charge in [0.25, 0.3) is 0 Å². The van der Waals surface area contributed by atoms with Crippen LogP contribution in [0.1, 0.15) is 38.2 Å². The lowest BCUT2D eigenvalue weighted by molar-refractivity contribution is -0.156.